The molecule has 2 nitrogen and oxygen atoms in total. The molecule has 0 aliphatic heterocycles. The molecule has 1 N–H and O–H groups in total. The maximum Gasteiger partial charge on any atom is 0.119 e. The molecule has 21 heavy (non-hydrogen) atoms. The molecule has 1 unspecified atom stereocenters. The van der Waals surface area contributed by atoms with Crippen LogP contribution in [0.1, 0.15) is 50.4 Å². The number of hydrogen-bond acceptors (Lipinski definition) is 2. The summed E-state index contributed by atoms with van der Waals surface area (Å²) >= 11 is 0. The molecule has 0 fully saturated rings. The topological polar surface area (TPSA) is 21.3 Å². The molecule has 0 saturated heterocycles. The van der Waals surface area contributed by atoms with Crippen LogP contribution in [-0.4, -0.2) is 6.61 Å². The van der Waals surface area contributed by atoms with Gasteiger partial charge in [0.05, 0.1) is 6.61 Å². The summed E-state index contributed by atoms with van der Waals surface area (Å²) in [5.41, 5.74) is 2.59. The van der Waals surface area contributed by atoms with Gasteiger partial charge in [0.25, 0.3) is 0 Å². The van der Waals surface area contributed by atoms with Crippen molar-refractivity contribution in [2.24, 2.45) is 0 Å². The van der Waals surface area contributed by atoms with Crippen molar-refractivity contribution in [1.82, 2.24) is 5.32 Å². The van der Waals surface area contributed by atoms with E-state index in [2.05, 4.69) is 80.7 Å². The Morgan fingerprint density at radius 3 is 2.00 bits per heavy atom. The molecule has 2 rings (SSSR count). The van der Waals surface area contributed by atoms with Crippen molar-refractivity contribution in [2.45, 2.75) is 39.3 Å². The van der Waals surface area contributed by atoms with Crippen LogP contribution in [0.2, 0.25) is 0 Å². The van der Waals surface area contributed by atoms with Gasteiger partial charge in [0.15, 0.2) is 0 Å². The lowest BCUT2D eigenvalue weighted by Crippen LogP contribution is -2.22. The van der Waals surface area contributed by atoms with Gasteiger partial charge < -0.3 is 10.1 Å². The van der Waals surface area contributed by atoms with Gasteiger partial charge in [-0.15, -0.1) is 0 Å². The molecule has 112 valence electrons. The van der Waals surface area contributed by atoms with Gasteiger partial charge in [0, 0.05) is 12.1 Å². The van der Waals surface area contributed by atoms with Crippen molar-refractivity contribution in [3.63, 3.8) is 0 Å². The Labute approximate surface area is 128 Å². The molecule has 0 heterocycles. The highest BCUT2D eigenvalue weighted by atomic mass is 16.5. The van der Waals surface area contributed by atoms with Crippen molar-refractivity contribution in [3.8, 4) is 5.75 Å². The van der Waals surface area contributed by atoms with Crippen molar-refractivity contribution in [2.75, 3.05) is 6.61 Å². The highest BCUT2D eigenvalue weighted by Crippen LogP contribution is 2.21. The Morgan fingerprint density at radius 1 is 0.857 bits per heavy atom. The molecular formula is C19H25NO. The Balaban J connectivity index is 1.95. The summed E-state index contributed by atoms with van der Waals surface area (Å²) in [6.07, 6.45) is 1.04. The Kier molecular flexibility index (Phi) is 5.82. The number of ether oxygens (including phenoxy) is 1. The average molecular weight is 283 g/mol. The summed E-state index contributed by atoms with van der Waals surface area (Å²) in [5, 5.41) is 3.63. The molecule has 0 aromatic heterocycles. The first-order valence-corrected chi connectivity index (χ1v) is 7.74. The fourth-order valence-electron chi connectivity index (χ4n) is 2.38. The van der Waals surface area contributed by atoms with E-state index < -0.39 is 0 Å². The minimum Gasteiger partial charge on any atom is -0.494 e. The van der Waals surface area contributed by atoms with E-state index >= 15 is 0 Å². The van der Waals surface area contributed by atoms with E-state index in [1.807, 2.05) is 0 Å². The van der Waals surface area contributed by atoms with Gasteiger partial charge in [-0.05, 0) is 43.5 Å². The smallest absolute Gasteiger partial charge is 0.119 e. The second-order valence-electron chi connectivity index (χ2n) is 5.44. The third kappa shape index (κ3) is 4.61. The van der Waals surface area contributed by atoms with E-state index in [-0.39, 0.29) is 0 Å². The van der Waals surface area contributed by atoms with Gasteiger partial charge in [-0.3, -0.25) is 0 Å². The zero-order valence-electron chi connectivity index (χ0n) is 13.2. The number of rotatable bonds is 7. The van der Waals surface area contributed by atoms with Crippen molar-refractivity contribution in [3.05, 3.63) is 65.7 Å². The van der Waals surface area contributed by atoms with E-state index in [0.717, 1.165) is 18.8 Å². The molecule has 0 radical (unpaired) electrons. The van der Waals surface area contributed by atoms with Crippen LogP contribution in [0.15, 0.2) is 54.6 Å². The SMILES string of the molecule is CCCOc1ccc(C(C)N[C@@H](C)c2ccccc2)cc1. The maximum atomic E-state index is 5.62. The van der Waals surface area contributed by atoms with Gasteiger partial charge in [-0.2, -0.15) is 0 Å². The molecule has 2 aromatic rings. The maximum absolute atomic E-state index is 5.62. The van der Waals surface area contributed by atoms with Crippen LogP contribution in [0.25, 0.3) is 0 Å². The number of nitrogens with one attached hydrogen (secondary N) is 1. The number of benzene rings is 2. The summed E-state index contributed by atoms with van der Waals surface area (Å²) in [6.45, 7) is 7.29. The van der Waals surface area contributed by atoms with Crippen molar-refractivity contribution >= 4 is 0 Å². The fraction of sp³-hybridized carbons (Fsp3) is 0.368. The first kappa shape index (κ1) is 15.6. The Bertz CT molecular complexity index is 521. The third-order valence-corrected chi connectivity index (χ3v) is 3.65. The second-order valence-corrected chi connectivity index (χ2v) is 5.44. The highest BCUT2D eigenvalue weighted by Gasteiger charge is 2.10. The number of hydrogen-bond donors (Lipinski definition) is 1. The molecule has 0 amide bonds. The zero-order valence-corrected chi connectivity index (χ0v) is 13.2. The first-order valence-electron chi connectivity index (χ1n) is 7.74. The molecule has 0 aliphatic carbocycles. The minimum atomic E-state index is 0.306. The Morgan fingerprint density at radius 2 is 1.43 bits per heavy atom. The first-order chi connectivity index (χ1) is 10.2. The van der Waals surface area contributed by atoms with Gasteiger partial charge in [-0.1, -0.05) is 49.4 Å². The summed E-state index contributed by atoms with van der Waals surface area (Å²) in [6, 6.07) is 19.5. The predicted octanol–water partition coefficient (Wildman–Crippen LogP) is 4.89. The predicted molar refractivity (Wildman–Crippen MR) is 88.6 cm³/mol. The second kappa shape index (κ2) is 7.84. The third-order valence-electron chi connectivity index (χ3n) is 3.65. The van der Waals surface area contributed by atoms with E-state index in [1.54, 1.807) is 0 Å². The summed E-state index contributed by atoms with van der Waals surface area (Å²) < 4.78 is 5.62. The quantitative estimate of drug-likeness (QED) is 0.781. The van der Waals surface area contributed by atoms with Crippen LogP contribution in [0, 0.1) is 0 Å². The monoisotopic (exact) mass is 283 g/mol. The van der Waals surface area contributed by atoms with Crippen molar-refractivity contribution in [1.29, 1.82) is 0 Å². The van der Waals surface area contributed by atoms with Crippen LogP contribution in [0.5, 0.6) is 5.75 Å². The average Bonchev–Trinajstić information content (AvgIpc) is 2.54. The van der Waals surface area contributed by atoms with Crippen molar-refractivity contribution < 1.29 is 4.74 Å². The standard InChI is InChI=1S/C19H25NO/c1-4-14-21-19-12-10-18(11-13-19)16(3)20-15(2)17-8-6-5-7-9-17/h5-13,15-16,20H,4,14H2,1-3H3/t15-,16?/m0/s1. The molecule has 0 saturated carbocycles. The van der Waals surface area contributed by atoms with E-state index in [0.29, 0.717) is 12.1 Å². The highest BCUT2D eigenvalue weighted by molar-refractivity contribution is 5.29. The van der Waals surface area contributed by atoms with Crippen LogP contribution in [0.3, 0.4) is 0 Å². The molecule has 2 atom stereocenters. The Hall–Kier alpha value is -1.80. The minimum absolute atomic E-state index is 0.306. The van der Waals surface area contributed by atoms with Crippen LogP contribution in [-0.2, 0) is 0 Å². The molecule has 0 aliphatic rings. The zero-order chi connectivity index (χ0) is 15.1. The molecule has 2 heteroatoms. The van der Waals surface area contributed by atoms with Crippen LogP contribution >= 0.6 is 0 Å². The van der Waals surface area contributed by atoms with Gasteiger partial charge >= 0.3 is 0 Å². The van der Waals surface area contributed by atoms with E-state index in [4.69, 9.17) is 4.74 Å². The molecule has 0 bridgehead atoms. The van der Waals surface area contributed by atoms with Gasteiger partial charge in [0.2, 0.25) is 0 Å². The lowest BCUT2D eigenvalue weighted by molar-refractivity contribution is 0.317. The molecule has 2 aromatic carbocycles. The van der Waals surface area contributed by atoms with Gasteiger partial charge in [0.1, 0.15) is 5.75 Å². The molecular weight excluding hydrogens is 258 g/mol. The molecule has 0 spiro atoms. The van der Waals surface area contributed by atoms with E-state index in [1.165, 1.54) is 11.1 Å². The summed E-state index contributed by atoms with van der Waals surface area (Å²) in [4.78, 5) is 0. The normalized spacial score (nSPS) is 13.7. The summed E-state index contributed by atoms with van der Waals surface area (Å²) in [7, 11) is 0. The van der Waals surface area contributed by atoms with Gasteiger partial charge in [-0.25, -0.2) is 0 Å². The van der Waals surface area contributed by atoms with E-state index in [9.17, 15) is 0 Å². The summed E-state index contributed by atoms with van der Waals surface area (Å²) in [5.74, 6) is 0.948. The lowest BCUT2D eigenvalue weighted by atomic mass is 10.0. The van der Waals surface area contributed by atoms with Crippen LogP contribution < -0.4 is 10.1 Å². The largest absolute Gasteiger partial charge is 0.494 e. The fourth-order valence-corrected chi connectivity index (χ4v) is 2.38. The lowest BCUT2D eigenvalue weighted by Gasteiger charge is -2.21. The van der Waals surface area contributed by atoms with Crippen LogP contribution in [0.4, 0.5) is 0 Å².